The SMILES string of the molecule is CC(C)(CCC(=O)O)NC(=O)N1CCCC1C1CCCC1. The molecule has 5 heteroatoms. The van der Waals surface area contributed by atoms with Crippen molar-refractivity contribution < 1.29 is 14.7 Å². The van der Waals surface area contributed by atoms with E-state index in [0.717, 1.165) is 19.4 Å². The highest BCUT2D eigenvalue weighted by atomic mass is 16.4. The molecule has 1 unspecified atom stereocenters. The highest BCUT2D eigenvalue weighted by Gasteiger charge is 2.37. The van der Waals surface area contributed by atoms with Crippen LogP contribution in [0.3, 0.4) is 0 Å². The lowest BCUT2D eigenvalue weighted by molar-refractivity contribution is -0.137. The third-order valence-electron chi connectivity index (χ3n) is 4.91. The van der Waals surface area contributed by atoms with Crippen LogP contribution >= 0.6 is 0 Å². The molecule has 1 atom stereocenters. The van der Waals surface area contributed by atoms with Crippen LogP contribution in [-0.4, -0.2) is 40.1 Å². The molecule has 2 N–H and O–H groups in total. The predicted octanol–water partition coefficient (Wildman–Crippen LogP) is 2.99. The largest absolute Gasteiger partial charge is 0.481 e. The van der Waals surface area contributed by atoms with Gasteiger partial charge in [0.2, 0.25) is 0 Å². The van der Waals surface area contributed by atoms with E-state index >= 15 is 0 Å². The number of carboxylic acids is 1. The first kappa shape index (κ1) is 16.1. The van der Waals surface area contributed by atoms with Gasteiger partial charge in [-0.25, -0.2) is 4.79 Å². The number of carbonyl (C=O) groups excluding carboxylic acids is 1. The summed E-state index contributed by atoms with van der Waals surface area (Å²) in [5.41, 5.74) is -0.474. The molecule has 1 heterocycles. The zero-order valence-electron chi connectivity index (χ0n) is 13.2. The number of aliphatic carboxylic acids is 1. The number of carbonyl (C=O) groups is 2. The Balaban J connectivity index is 1.90. The second kappa shape index (κ2) is 6.67. The standard InChI is InChI=1S/C16H28N2O3/c1-16(2,10-9-14(19)20)17-15(21)18-11-5-8-13(18)12-6-3-4-7-12/h12-13H,3-11H2,1-2H3,(H,17,21)(H,19,20). The van der Waals surface area contributed by atoms with Gasteiger partial charge in [0, 0.05) is 24.5 Å². The van der Waals surface area contributed by atoms with Crippen LogP contribution in [0.4, 0.5) is 4.79 Å². The number of likely N-dealkylation sites (tertiary alicyclic amines) is 1. The average molecular weight is 296 g/mol. The van der Waals surface area contributed by atoms with Crippen LogP contribution in [0.2, 0.25) is 0 Å². The molecule has 1 saturated heterocycles. The van der Waals surface area contributed by atoms with E-state index in [0.29, 0.717) is 18.4 Å². The van der Waals surface area contributed by atoms with Crippen molar-refractivity contribution in [2.24, 2.45) is 5.92 Å². The molecule has 5 nitrogen and oxygen atoms in total. The summed E-state index contributed by atoms with van der Waals surface area (Å²) >= 11 is 0. The van der Waals surface area contributed by atoms with Crippen molar-refractivity contribution in [2.45, 2.75) is 76.8 Å². The minimum Gasteiger partial charge on any atom is -0.481 e. The molecule has 1 saturated carbocycles. The van der Waals surface area contributed by atoms with Gasteiger partial charge in [0.25, 0.3) is 0 Å². The van der Waals surface area contributed by atoms with E-state index in [2.05, 4.69) is 5.32 Å². The van der Waals surface area contributed by atoms with E-state index < -0.39 is 11.5 Å². The summed E-state index contributed by atoms with van der Waals surface area (Å²) in [4.78, 5) is 25.2. The first-order chi connectivity index (χ1) is 9.89. The lowest BCUT2D eigenvalue weighted by Gasteiger charge is -2.34. The molecule has 2 amide bonds. The Morgan fingerprint density at radius 2 is 1.86 bits per heavy atom. The van der Waals surface area contributed by atoms with Gasteiger partial charge in [-0.1, -0.05) is 12.8 Å². The summed E-state index contributed by atoms with van der Waals surface area (Å²) in [5, 5.41) is 11.8. The number of hydrogen-bond donors (Lipinski definition) is 2. The normalized spacial score (nSPS) is 23.5. The lowest BCUT2D eigenvalue weighted by Crippen LogP contribution is -2.52. The van der Waals surface area contributed by atoms with Crippen molar-refractivity contribution in [2.75, 3.05) is 6.54 Å². The molecule has 120 valence electrons. The first-order valence-corrected chi connectivity index (χ1v) is 8.20. The van der Waals surface area contributed by atoms with Crippen LogP contribution in [0.5, 0.6) is 0 Å². The first-order valence-electron chi connectivity index (χ1n) is 8.20. The molecule has 1 aliphatic heterocycles. The van der Waals surface area contributed by atoms with Crippen molar-refractivity contribution in [3.8, 4) is 0 Å². The number of urea groups is 1. The molecule has 2 aliphatic rings. The molecule has 2 fully saturated rings. The van der Waals surface area contributed by atoms with Gasteiger partial charge in [-0.3, -0.25) is 4.79 Å². The molecule has 21 heavy (non-hydrogen) atoms. The molecule has 0 radical (unpaired) electrons. The molecule has 0 aromatic rings. The molecular formula is C16H28N2O3. The Hall–Kier alpha value is -1.26. The van der Waals surface area contributed by atoms with Crippen molar-refractivity contribution in [3.63, 3.8) is 0 Å². The van der Waals surface area contributed by atoms with Gasteiger partial charge in [0.05, 0.1) is 0 Å². The van der Waals surface area contributed by atoms with Crippen LogP contribution in [0.15, 0.2) is 0 Å². The van der Waals surface area contributed by atoms with E-state index in [4.69, 9.17) is 5.11 Å². The van der Waals surface area contributed by atoms with E-state index in [1.165, 1.54) is 25.7 Å². The van der Waals surface area contributed by atoms with Crippen LogP contribution in [0, 0.1) is 5.92 Å². The summed E-state index contributed by atoms with van der Waals surface area (Å²) in [6.45, 7) is 4.63. The van der Waals surface area contributed by atoms with Crippen LogP contribution < -0.4 is 5.32 Å². The third kappa shape index (κ3) is 4.35. The van der Waals surface area contributed by atoms with Crippen molar-refractivity contribution in [3.05, 3.63) is 0 Å². The van der Waals surface area contributed by atoms with E-state index in [-0.39, 0.29) is 12.5 Å². The molecule has 0 aromatic heterocycles. The molecule has 1 aliphatic carbocycles. The lowest BCUT2D eigenvalue weighted by atomic mass is 9.96. The van der Waals surface area contributed by atoms with E-state index in [1.54, 1.807) is 0 Å². The van der Waals surface area contributed by atoms with E-state index in [1.807, 2.05) is 18.7 Å². The van der Waals surface area contributed by atoms with Crippen LogP contribution in [0.1, 0.15) is 65.2 Å². The van der Waals surface area contributed by atoms with Gasteiger partial charge in [-0.2, -0.15) is 0 Å². The number of nitrogens with one attached hydrogen (secondary N) is 1. The fourth-order valence-corrected chi connectivity index (χ4v) is 3.72. The molecular weight excluding hydrogens is 268 g/mol. The number of hydrogen-bond acceptors (Lipinski definition) is 2. The maximum Gasteiger partial charge on any atom is 0.318 e. The smallest absolute Gasteiger partial charge is 0.318 e. The fraction of sp³-hybridized carbons (Fsp3) is 0.875. The van der Waals surface area contributed by atoms with Crippen molar-refractivity contribution in [1.82, 2.24) is 10.2 Å². The monoisotopic (exact) mass is 296 g/mol. The van der Waals surface area contributed by atoms with Gasteiger partial charge in [0.1, 0.15) is 0 Å². The molecule has 0 aromatic carbocycles. The summed E-state index contributed by atoms with van der Waals surface area (Å²) in [6, 6.07) is 0.377. The minimum atomic E-state index is -0.817. The van der Waals surface area contributed by atoms with Crippen LogP contribution in [0.25, 0.3) is 0 Å². The zero-order valence-corrected chi connectivity index (χ0v) is 13.2. The Labute approximate surface area is 127 Å². The van der Waals surface area contributed by atoms with Crippen molar-refractivity contribution in [1.29, 1.82) is 0 Å². The van der Waals surface area contributed by atoms with Gasteiger partial charge in [0.15, 0.2) is 0 Å². The second-order valence-corrected chi connectivity index (χ2v) is 7.16. The second-order valence-electron chi connectivity index (χ2n) is 7.16. The average Bonchev–Trinajstić information content (AvgIpc) is 3.06. The minimum absolute atomic E-state index is 0.0141. The highest BCUT2D eigenvalue weighted by molar-refractivity contribution is 5.76. The maximum absolute atomic E-state index is 12.5. The van der Waals surface area contributed by atoms with Crippen molar-refractivity contribution >= 4 is 12.0 Å². The Kier molecular flexibility index (Phi) is 5.12. The Morgan fingerprint density at radius 3 is 2.48 bits per heavy atom. The van der Waals surface area contributed by atoms with Crippen LogP contribution in [-0.2, 0) is 4.79 Å². The predicted molar refractivity (Wildman–Crippen MR) is 81.2 cm³/mol. The topological polar surface area (TPSA) is 69.6 Å². The summed E-state index contributed by atoms with van der Waals surface area (Å²) in [6.07, 6.45) is 7.82. The Bertz CT molecular complexity index is 389. The number of amides is 2. The van der Waals surface area contributed by atoms with Gasteiger partial charge >= 0.3 is 12.0 Å². The molecule has 0 spiro atoms. The maximum atomic E-state index is 12.5. The summed E-state index contributed by atoms with van der Waals surface area (Å²) in [7, 11) is 0. The van der Waals surface area contributed by atoms with Gasteiger partial charge in [-0.15, -0.1) is 0 Å². The molecule has 2 rings (SSSR count). The highest BCUT2D eigenvalue weighted by Crippen LogP contribution is 2.35. The molecule has 0 bridgehead atoms. The van der Waals surface area contributed by atoms with Gasteiger partial charge in [-0.05, 0) is 51.9 Å². The Morgan fingerprint density at radius 1 is 1.19 bits per heavy atom. The number of rotatable bonds is 5. The van der Waals surface area contributed by atoms with Gasteiger partial charge < -0.3 is 15.3 Å². The number of nitrogens with zero attached hydrogens (tertiary/aromatic N) is 1. The summed E-state index contributed by atoms with van der Waals surface area (Å²) in [5.74, 6) is -0.150. The summed E-state index contributed by atoms with van der Waals surface area (Å²) < 4.78 is 0. The number of carboxylic acid groups (broad SMARTS) is 1. The van der Waals surface area contributed by atoms with E-state index in [9.17, 15) is 9.59 Å². The quantitative estimate of drug-likeness (QED) is 0.819. The third-order valence-corrected chi connectivity index (χ3v) is 4.91. The fourth-order valence-electron chi connectivity index (χ4n) is 3.72. The zero-order chi connectivity index (χ0) is 15.5.